The number of esters is 1. The van der Waals surface area contributed by atoms with E-state index in [1.54, 1.807) is 13.8 Å². The molecule has 0 saturated carbocycles. The zero-order valence-corrected chi connectivity index (χ0v) is 12.1. The van der Waals surface area contributed by atoms with Gasteiger partial charge in [-0.25, -0.2) is 0 Å². The Balaban J connectivity index is 1.99. The Hall–Kier alpha value is -1.39. The molecule has 1 aliphatic rings. The number of carbonyl (C=O) groups is 1. The molecular weight excluding hydrogens is 256 g/mol. The molecule has 0 radical (unpaired) electrons. The molecule has 0 spiro atoms. The van der Waals surface area contributed by atoms with Crippen molar-refractivity contribution in [3.63, 3.8) is 0 Å². The third-order valence-electron chi connectivity index (χ3n) is 3.95. The SMILES string of the molecule is CC(C)(C(=O)OCc1ccccc1)C1(O)CCCCO1. The Morgan fingerprint density at radius 3 is 2.65 bits per heavy atom. The molecule has 0 aromatic heterocycles. The van der Waals surface area contributed by atoms with Gasteiger partial charge < -0.3 is 14.6 Å². The van der Waals surface area contributed by atoms with E-state index in [1.165, 1.54) is 0 Å². The van der Waals surface area contributed by atoms with E-state index in [0.29, 0.717) is 13.0 Å². The van der Waals surface area contributed by atoms with Crippen LogP contribution in [-0.2, 0) is 20.9 Å². The Morgan fingerprint density at radius 2 is 2.05 bits per heavy atom. The minimum absolute atomic E-state index is 0.208. The van der Waals surface area contributed by atoms with Crippen LogP contribution in [-0.4, -0.2) is 23.5 Å². The Kier molecular flexibility index (Phi) is 4.45. The highest BCUT2D eigenvalue weighted by atomic mass is 16.6. The van der Waals surface area contributed by atoms with Gasteiger partial charge in [0.15, 0.2) is 5.79 Å². The van der Waals surface area contributed by atoms with E-state index >= 15 is 0 Å². The van der Waals surface area contributed by atoms with Crippen molar-refractivity contribution in [2.24, 2.45) is 5.41 Å². The van der Waals surface area contributed by atoms with E-state index in [0.717, 1.165) is 18.4 Å². The number of ether oxygens (including phenoxy) is 2. The van der Waals surface area contributed by atoms with Crippen molar-refractivity contribution < 1.29 is 19.4 Å². The van der Waals surface area contributed by atoms with Gasteiger partial charge in [0.25, 0.3) is 0 Å². The maximum atomic E-state index is 12.3. The van der Waals surface area contributed by atoms with Crippen LogP contribution < -0.4 is 0 Å². The van der Waals surface area contributed by atoms with E-state index in [4.69, 9.17) is 9.47 Å². The smallest absolute Gasteiger partial charge is 0.317 e. The summed E-state index contributed by atoms with van der Waals surface area (Å²) < 4.78 is 10.8. The molecule has 1 atom stereocenters. The van der Waals surface area contributed by atoms with Crippen molar-refractivity contribution in [3.8, 4) is 0 Å². The molecule has 1 N–H and O–H groups in total. The number of aliphatic hydroxyl groups is 1. The Bertz CT molecular complexity index is 447. The van der Waals surface area contributed by atoms with E-state index in [2.05, 4.69) is 0 Å². The maximum absolute atomic E-state index is 12.3. The highest BCUT2D eigenvalue weighted by molar-refractivity contribution is 5.77. The standard InChI is InChI=1S/C16H22O4/c1-15(2,16(18)10-6-7-11-20-16)14(17)19-12-13-8-4-3-5-9-13/h3-5,8-9,18H,6-7,10-12H2,1-2H3. The zero-order chi connectivity index (χ0) is 14.6. The lowest BCUT2D eigenvalue weighted by molar-refractivity contribution is -0.282. The number of carbonyl (C=O) groups excluding carboxylic acids is 1. The van der Waals surface area contributed by atoms with Gasteiger partial charge in [-0.1, -0.05) is 30.3 Å². The fourth-order valence-electron chi connectivity index (χ4n) is 2.34. The third kappa shape index (κ3) is 3.02. The van der Waals surface area contributed by atoms with Gasteiger partial charge >= 0.3 is 5.97 Å². The second-order valence-electron chi connectivity index (χ2n) is 5.78. The quantitative estimate of drug-likeness (QED) is 0.860. The summed E-state index contributed by atoms with van der Waals surface area (Å²) in [5, 5.41) is 10.5. The third-order valence-corrected chi connectivity index (χ3v) is 3.95. The number of hydrogen-bond donors (Lipinski definition) is 1. The van der Waals surface area contributed by atoms with Crippen molar-refractivity contribution in [2.45, 2.75) is 45.5 Å². The molecule has 1 saturated heterocycles. The molecule has 1 fully saturated rings. The number of benzene rings is 1. The van der Waals surface area contributed by atoms with Crippen LogP contribution in [0.3, 0.4) is 0 Å². The number of hydrogen-bond acceptors (Lipinski definition) is 4. The monoisotopic (exact) mass is 278 g/mol. The first-order chi connectivity index (χ1) is 9.46. The van der Waals surface area contributed by atoms with Crippen LogP contribution in [0.4, 0.5) is 0 Å². The van der Waals surface area contributed by atoms with Gasteiger partial charge in [-0.3, -0.25) is 4.79 Å². The second-order valence-corrected chi connectivity index (χ2v) is 5.78. The maximum Gasteiger partial charge on any atom is 0.317 e. The van der Waals surface area contributed by atoms with Gasteiger partial charge in [0, 0.05) is 6.42 Å². The molecule has 1 unspecified atom stereocenters. The average molecular weight is 278 g/mol. The van der Waals surface area contributed by atoms with Crippen LogP contribution in [0.1, 0.15) is 38.7 Å². The molecule has 1 aliphatic heterocycles. The Labute approximate surface area is 119 Å². The molecule has 1 aromatic rings. The molecule has 0 aliphatic carbocycles. The van der Waals surface area contributed by atoms with Crippen LogP contribution in [0, 0.1) is 5.41 Å². The summed E-state index contributed by atoms with van der Waals surface area (Å²) in [6.45, 7) is 4.03. The summed E-state index contributed by atoms with van der Waals surface area (Å²) in [5.74, 6) is -1.87. The van der Waals surface area contributed by atoms with Gasteiger partial charge in [0.1, 0.15) is 12.0 Å². The predicted molar refractivity (Wildman–Crippen MR) is 74.8 cm³/mol. The fourth-order valence-corrected chi connectivity index (χ4v) is 2.34. The summed E-state index contributed by atoms with van der Waals surface area (Å²) in [7, 11) is 0. The predicted octanol–water partition coefficient (Wildman–Crippen LogP) is 2.65. The van der Waals surface area contributed by atoms with Crippen LogP contribution >= 0.6 is 0 Å². The minimum Gasteiger partial charge on any atom is -0.460 e. The first-order valence-corrected chi connectivity index (χ1v) is 7.03. The topological polar surface area (TPSA) is 55.8 Å². The average Bonchev–Trinajstić information content (AvgIpc) is 2.46. The van der Waals surface area contributed by atoms with Crippen molar-refractivity contribution in [1.29, 1.82) is 0 Å². The molecule has 4 nitrogen and oxygen atoms in total. The molecule has 0 amide bonds. The van der Waals surface area contributed by atoms with Gasteiger partial charge in [-0.05, 0) is 32.3 Å². The van der Waals surface area contributed by atoms with Crippen molar-refractivity contribution in [2.75, 3.05) is 6.61 Å². The molecule has 4 heteroatoms. The number of rotatable bonds is 4. The molecular formula is C16H22O4. The van der Waals surface area contributed by atoms with Gasteiger partial charge in [-0.15, -0.1) is 0 Å². The summed E-state index contributed by atoms with van der Waals surface area (Å²) in [5.41, 5.74) is -0.157. The highest BCUT2D eigenvalue weighted by Gasteiger charge is 2.51. The van der Waals surface area contributed by atoms with Crippen molar-refractivity contribution in [3.05, 3.63) is 35.9 Å². The zero-order valence-electron chi connectivity index (χ0n) is 12.1. The second kappa shape index (κ2) is 5.94. The summed E-state index contributed by atoms with van der Waals surface area (Å²) in [6, 6.07) is 9.49. The van der Waals surface area contributed by atoms with Crippen LogP contribution in [0.2, 0.25) is 0 Å². The van der Waals surface area contributed by atoms with Crippen LogP contribution in [0.5, 0.6) is 0 Å². The van der Waals surface area contributed by atoms with Crippen molar-refractivity contribution in [1.82, 2.24) is 0 Å². The Morgan fingerprint density at radius 1 is 1.35 bits per heavy atom. The summed E-state index contributed by atoms with van der Waals surface area (Å²) in [6.07, 6.45) is 2.23. The first-order valence-electron chi connectivity index (χ1n) is 7.03. The summed E-state index contributed by atoms with van der Waals surface area (Å²) >= 11 is 0. The fraction of sp³-hybridized carbons (Fsp3) is 0.562. The largest absolute Gasteiger partial charge is 0.460 e. The lowest BCUT2D eigenvalue weighted by atomic mass is 9.79. The van der Waals surface area contributed by atoms with E-state index in [9.17, 15) is 9.90 Å². The highest BCUT2D eigenvalue weighted by Crippen LogP contribution is 2.39. The molecule has 0 bridgehead atoms. The minimum atomic E-state index is -1.43. The van der Waals surface area contributed by atoms with E-state index in [1.807, 2.05) is 30.3 Å². The molecule has 1 aromatic carbocycles. The van der Waals surface area contributed by atoms with Crippen LogP contribution in [0.15, 0.2) is 30.3 Å². The molecule has 2 rings (SSSR count). The summed E-state index contributed by atoms with van der Waals surface area (Å²) in [4.78, 5) is 12.3. The van der Waals surface area contributed by atoms with E-state index < -0.39 is 17.2 Å². The van der Waals surface area contributed by atoms with Gasteiger partial charge in [0.2, 0.25) is 0 Å². The van der Waals surface area contributed by atoms with E-state index in [-0.39, 0.29) is 6.61 Å². The normalized spacial score (nSPS) is 23.4. The lowest BCUT2D eigenvalue weighted by Crippen LogP contribution is -2.53. The van der Waals surface area contributed by atoms with Crippen molar-refractivity contribution >= 4 is 5.97 Å². The van der Waals surface area contributed by atoms with Gasteiger partial charge in [0.05, 0.1) is 6.61 Å². The molecule has 1 heterocycles. The lowest BCUT2D eigenvalue weighted by Gasteiger charge is -2.42. The first kappa shape index (κ1) is 15.0. The molecule has 20 heavy (non-hydrogen) atoms. The molecule has 110 valence electrons. The van der Waals surface area contributed by atoms with Crippen LogP contribution in [0.25, 0.3) is 0 Å². The van der Waals surface area contributed by atoms with Gasteiger partial charge in [-0.2, -0.15) is 0 Å².